The molecule has 0 aromatic heterocycles. The number of halogens is 1. The maximum absolute atomic E-state index is 12.8. The summed E-state index contributed by atoms with van der Waals surface area (Å²) in [6, 6.07) is 2.11. The van der Waals surface area contributed by atoms with E-state index in [9.17, 15) is 4.79 Å². The maximum Gasteiger partial charge on any atom is 0.259 e. The Hall–Kier alpha value is -1.47. The monoisotopic (exact) mass is 400 g/mol. The zero-order valence-electron chi connectivity index (χ0n) is 14.6. The molecule has 1 aromatic rings. The molecule has 1 aliphatic rings. The Morgan fingerprint density at radius 3 is 2.58 bits per heavy atom. The second-order valence-electron chi connectivity index (χ2n) is 5.64. The van der Waals surface area contributed by atoms with Gasteiger partial charge in [0.1, 0.15) is 11.3 Å². The van der Waals surface area contributed by atoms with E-state index in [0.717, 1.165) is 19.5 Å². The van der Waals surface area contributed by atoms with Crippen LogP contribution in [0.15, 0.2) is 10.5 Å². The first kappa shape index (κ1) is 18.9. The van der Waals surface area contributed by atoms with Crippen LogP contribution in [0.25, 0.3) is 0 Å². The quantitative estimate of drug-likeness (QED) is 0.762. The number of ether oxygens (including phenoxy) is 3. The van der Waals surface area contributed by atoms with E-state index in [1.807, 2.05) is 0 Å². The van der Waals surface area contributed by atoms with Crippen LogP contribution in [0.2, 0.25) is 0 Å². The normalized spacial score (nSPS) is 17.6. The lowest BCUT2D eigenvalue weighted by molar-refractivity contribution is 0.0934. The minimum atomic E-state index is -0.230. The van der Waals surface area contributed by atoms with Gasteiger partial charge in [0, 0.05) is 18.7 Å². The summed E-state index contributed by atoms with van der Waals surface area (Å²) in [5, 5.41) is 3.02. The van der Waals surface area contributed by atoms with E-state index in [-0.39, 0.29) is 5.91 Å². The molecule has 1 saturated heterocycles. The minimum Gasteiger partial charge on any atom is -0.495 e. The molecule has 0 spiro atoms. The molecule has 1 atom stereocenters. The first-order valence-corrected chi connectivity index (χ1v) is 8.87. The number of likely N-dealkylation sites (tertiary alicyclic amines) is 1. The van der Waals surface area contributed by atoms with Crippen molar-refractivity contribution in [3.8, 4) is 17.2 Å². The number of carbonyl (C=O) groups excluding carboxylic acids is 1. The summed E-state index contributed by atoms with van der Waals surface area (Å²) in [4.78, 5) is 15.2. The van der Waals surface area contributed by atoms with Crippen molar-refractivity contribution >= 4 is 21.8 Å². The van der Waals surface area contributed by atoms with Gasteiger partial charge in [-0.3, -0.25) is 9.69 Å². The molecule has 0 unspecified atom stereocenters. The number of methoxy groups -OCH3 is 3. The standard InChI is InChI=1S/C17H25BrN2O4/c1-5-20-8-6-7-11(20)10-19-17(21)14-15(23-3)12(18)9-13(22-2)16(14)24-4/h9,11H,5-8,10H2,1-4H3,(H,19,21)/t11-/m1/s1. The summed E-state index contributed by atoms with van der Waals surface area (Å²) < 4.78 is 16.8. The van der Waals surface area contributed by atoms with Crippen molar-refractivity contribution in [1.29, 1.82) is 0 Å². The molecular weight excluding hydrogens is 376 g/mol. The van der Waals surface area contributed by atoms with E-state index in [1.165, 1.54) is 27.8 Å². The summed E-state index contributed by atoms with van der Waals surface area (Å²) in [7, 11) is 4.58. The average molecular weight is 401 g/mol. The maximum atomic E-state index is 12.8. The van der Waals surface area contributed by atoms with E-state index in [2.05, 4.69) is 33.1 Å². The molecule has 0 saturated carbocycles. The van der Waals surface area contributed by atoms with Gasteiger partial charge in [0.2, 0.25) is 0 Å². The Kier molecular flexibility index (Phi) is 6.74. The van der Waals surface area contributed by atoms with Crippen LogP contribution in [-0.2, 0) is 0 Å². The molecule has 1 aromatic carbocycles. The lowest BCUT2D eigenvalue weighted by Gasteiger charge is -2.23. The highest BCUT2D eigenvalue weighted by Crippen LogP contribution is 2.42. The Bertz CT molecular complexity index is 594. The fraction of sp³-hybridized carbons (Fsp3) is 0.588. The van der Waals surface area contributed by atoms with Crippen LogP contribution in [0.4, 0.5) is 0 Å². The zero-order chi connectivity index (χ0) is 17.7. The number of amides is 1. The van der Waals surface area contributed by atoms with Crippen LogP contribution in [0, 0.1) is 0 Å². The van der Waals surface area contributed by atoms with E-state index >= 15 is 0 Å². The van der Waals surface area contributed by atoms with E-state index < -0.39 is 0 Å². The van der Waals surface area contributed by atoms with Crippen molar-refractivity contribution in [2.24, 2.45) is 0 Å². The van der Waals surface area contributed by atoms with Gasteiger partial charge in [0.15, 0.2) is 11.5 Å². The molecule has 1 amide bonds. The van der Waals surface area contributed by atoms with Gasteiger partial charge >= 0.3 is 0 Å². The summed E-state index contributed by atoms with van der Waals surface area (Å²) in [6.07, 6.45) is 2.27. The van der Waals surface area contributed by atoms with Crippen LogP contribution in [0.1, 0.15) is 30.1 Å². The third-order valence-electron chi connectivity index (χ3n) is 4.41. The fourth-order valence-electron chi connectivity index (χ4n) is 3.19. The van der Waals surface area contributed by atoms with Crippen LogP contribution < -0.4 is 19.5 Å². The SMILES string of the molecule is CCN1CCC[C@@H]1CNC(=O)c1c(OC)c(Br)cc(OC)c1OC. The number of likely N-dealkylation sites (N-methyl/N-ethyl adjacent to an activating group) is 1. The van der Waals surface area contributed by atoms with E-state index in [4.69, 9.17) is 14.2 Å². The topological polar surface area (TPSA) is 60.0 Å². The predicted molar refractivity (Wildman–Crippen MR) is 96.4 cm³/mol. The fourth-order valence-corrected chi connectivity index (χ4v) is 3.76. The van der Waals surface area contributed by atoms with Crippen molar-refractivity contribution in [2.75, 3.05) is 41.0 Å². The summed E-state index contributed by atoms with van der Waals surface area (Å²) in [5.74, 6) is 1.05. The van der Waals surface area contributed by atoms with Crippen LogP contribution >= 0.6 is 15.9 Å². The van der Waals surface area contributed by atoms with Crippen molar-refractivity contribution in [3.63, 3.8) is 0 Å². The molecule has 6 nitrogen and oxygen atoms in total. The molecule has 2 rings (SSSR count). The second kappa shape index (κ2) is 8.58. The highest BCUT2D eigenvalue weighted by Gasteiger charge is 2.27. The lowest BCUT2D eigenvalue weighted by atomic mass is 10.1. The van der Waals surface area contributed by atoms with Gasteiger partial charge < -0.3 is 19.5 Å². The molecule has 0 radical (unpaired) electrons. The molecule has 1 heterocycles. The molecule has 7 heteroatoms. The Morgan fingerprint density at radius 2 is 2.00 bits per heavy atom. The molecule has 0 aliphatic carbocycles. The first-order chi connectivity index (χ1) is 11.6. The molecule has 1 N–H and O–H groups in total. The molecule has 1 aliphatic heterocycles. The number of hydrogen-bond donors (Lipinski definition) is 1. The summed E-state index contributed by atoms with van der Waals surface area (Å²) >= 11 is 3.42. The highest BCUT2D eigenvalue weighted by atomic mass is 79.9. The largest absolute Gasteiger partial charge is 0.495 e. The van der Waals surface area contributed by atoms with Gasteiger partial charge in [-0.05, 0) is 41.9 Å². The van der Waals surface area contributed by atoms with E-state index in [1.54, 1.807) is 6.07 Å². The molecule has 24 heavy (non-hydrogen) atoms. The lowest BCUT2D eigenvalue weighted by Crippen LogP contribution is -2.40. The van der Waals surface area contributed by atoms with Crippen LogP contribution in [-0.4, -0.2) is 57.8 Å². The average Bonchev–Trinajstić information content (AvgIpc) is 3.05. The zero-order valence-corrected chi connectivity index (χ0v) is 16.2. The van der Waals surface area contributed by atoms with Crippen molar-refractivity contribution < 1.29 is 19.0 Å². The number of nitrogens with one attached hydrogen (secondary N) is 1. The first-order valence-electron chi connectivity index (χ1n) is 8.08. The van der Waals surface area contributed by atoms with Crippen molar-refractivity contribution in [1.82, 2.24) is 10.2 Å². The van der Waals surface area contributed by atoms with Crippen molar-refractivity contribution in [3.05, 3.63) is 16.1 Å². The molecular formula is C17H25BrN2O4. The third kappa shape index (κ3) is 3.78. The van der Waals surface area contributed by atoms with Crippen LogP contribution in [0.5, 0.6) is 17.2 Å². The molecule has 0 bridgehead atoms. The minimum absolute atomic E-state index is 0.230. The number of rotatable bonds is 7. The summed E-state index contributed by atoms with van der Waals surface area (Å²) in [6.45, 7) is 4.84. The van der Waals surface area contributed by atoms with Gasteiger partial charge in [-0.1, -0.05) is 6.92 Å². The van der Waals surface area contributed by atoms with Crippen molar-refractivity contribution in [2.45, 2.75) is 25.8 Å². The number of nitrogens with zero attached hydrogens (tertiary/aromatic N) is 1. The van der Waals surface area contributed by atoms with Gasteiger partial charge in [0.25, 0.3) is 5.91 Å². The number of carbonyl (C=O) groups is 1. The Morgan fingerprint density at radius 1 is 1.29 bits per heavy atom. The molecule has 1 fully saturated rings. The third-order valence-corrected chi connectivity index (χ3v) is 5.00. The second-order valence-corrected chi connectivity index (χ2v) is 6.49. The Labute approximate surface area is 151 Å². The number of hydrogen-bond acceptors (Lipinski definition) is 5. The number of benzene rings is 1. The van der Waals surface area contributed by atoms with Gasteiger partial charge in [-0.25, -0.2) is 0 Å². The smallest absolute Gasteiger partial charge is 0.259 e. The highest BCUT2D eigenvalue weighted by molar-refractivity contribution is 9.10. The molecule has 134 valence electrons. The van der Waals surface area contributed by atoms with Crippen LogP contribution in [0.3, 0.4) is 0 Å². The van der Waals surface area contributed by atoms with E-state index in [0.29, 0.717) is 39.9 Å². The van der Waals surface area contributed by atoms with Gasteiger partial charge in [0.05, 0.1) is 25.8 Å². The summed E-state index contributed by atoms with van der Waals surface area (Å²) in [5.41, 5.74) is 0.340. The predicted octanol–water partition coefficient (Wildman–Crippen LogP) is 2.69. The Balaban J connectivity index is 2.25. The van der Waals surface area contributed by atoms with Gasteiger partial charge in [-0.2, -0.15) is 0 Å². The van der Waals surface area contributed by atoms with Gasteiger partial charge in [-0.15, -0.1) is 0 Å².